The number of carbonyl (C=O) groups excluding carboxylic acids is 1. The van der Waals surface area contributed by atoms with Gasteiger partial charge in [0.1, 0.15) is 0 Å². The molecular weight excluding hydrogens is 376 g/mol. The molecule has 1 aromatic rings. The van der Waals surface area contributed by atoms with Crippen LogP contribution in [0, 0.1) is 5.92 Å². The Balaban J connectivity index is 2.07. The van der Waals surface area contributed by atoms with E-state index in [0.29, 0.717) is 31.2 Å². The fourth-order valence-corrected chi connectivity index (χ4v) is 4.39. The number of rotatable bonds is 7. The van der Waals surface area contributed by atoms with Crippen molar-refractivity contribution in [1.29, 1.82) is 0 Å². The molecule has 0 radical (unpaired) electrons. The Labute approximate surface area is 160 Å². The molecule has 146 valence electrons. The highest BCUT2D eigenvalue weighted by Gasteiger charge is 2.23. The van der Waals surface area contributed by atoms with E-state index in [1.807, 2.05) is 0 Å². The van der Waals surface area contributed by atoms with Crippen LogP contribution in [-0.2, 0) is 14.6 Å². The van der Waals surface area contributed by atoms with Gasteiger partial charge < -0.3 is 10.1 Å². The van der Waals surface area contributed by atoms with Crippen molar-refractivity contribution in [3.63, 3.8) is 0 Å². The van der Waals surface area contributed by atoms with Gasteiger partial charge in [-0.15, -0.1) is 0 Å². The number of benzene rings is 1. The molecule has 1 aromatic carbocycles. The number of ether oxygens (including phenoxy) is 1. The average molecular weight is 403 g/mol. The van der Waals surface area contributed by atoms with Crippen LogP contribution in [-0.4, -0.2) is 64.4 Å². The summed E-state index contributed by atoms with van der Waals surface area (Å²) in [7, 11) is -3.49. The molecule has 1 unspecified atom stereocenters. The topological polar surface area (TPSA) is 75.7 Å². The zero-order chi connectivity index (χ0) is 19.3. The van der Waals surface area contributed by atoms with Gasteiger partial charge in [0, 0.05) is 37.5 Å². The Morgan fingerprint density at radius 2 is 1.96 bits per heavy atom. The Kier molecular flexibility index (Phi) is 7.46. The van der Waals surface area contributed by atoms with E-state index >= 15 is 0 Å². The number of nitrogens with zero attached hydrogens (tertiary/aromatic N) is 1. The van der Waals surface area contributed by atoms with Gasteiger partial charge in [0.15, 0.2) is 9.84 Å². The first-order valence-electron chi connectivity index (χ1n) is 8.78. The molecule has 6 nitrogen and oxygen atoms in total. The summed E-state index contributed by atoms with van der Waals surface area (Å²) in [6.45, 7) is 7.95. The van der Waals surface area contributed by atoms with Gasteiger partial charge in [0.05, 0.1) is 23.1 Å². The SMILES string of the molecule is CC(C)CC(CNC(=O)c1ccc(Cl)c(S(C)(=O)=O)c1)N1CCOCC1. The van der Waals surface area contributed by atoms with Crippen LogP contribution in [0.3, 0.4) is 0 Å². The molecule has 26 heavy (non-hydrogen) atoms. The quantitative estimate of drug-likeness (QED) is 0.756. The van der Waals surface area contributed by atoms with Crippen LogP contribution in [0.4, 0.5) is 0 Å². The summed E-state index contributed by atoms with van der Waals surface area (Å²) in [6.07, 6.45) is 2.04. The maximum absolute atomic E-state index is 12.5. The van der Waals surface area contributed by atoms with Crippen LogP contribution < -0.4 is 5.32 Å². The summed E-state index contributed by atoms with van der Waals surface area (Å²) in [5.41, 5.74) is 0.292. The highest BCUT2D eigenvalue weighted by atomic mass is 35.5. The Bertz CT molecular complexity index is 731. The summed E-state index contributed by atoms with van der Waals surface area (Å²) in [5, 5.41) is 3.06. The van der Waals surface area contributed by atoms with Crippen molar-refractivity contribution in [2.75, 3.05) is 39.1 Å². The molecule has 8 heteroatoms. The van der Waals surface area contributed by atoms with Gasteiger partial charge in [-0.2, -0.15) is 0 Å². The van der Waals surface area contributed by atoms with Gasteiger partial charge in [0.25, 0.3) is 5.91 Å². The molecule has 1 amide bonds. The predicted octanol–water partition coefficient (Wildman–Crippen LogP) is 2.22. The lowest BCUT2D eigenvalue weighted by Crippen LogP contribution is -2.49. The van der Waals surface area contributed by atoms with Crippen molar-refractivity contribution >= 4 is 27.3 Å². The van der Waals surface area contributed by atoms with Gasteiger partial charge in [-0.1, -0.05) is 25.4 Å². The summed E-state index contributed by atoms with van der Waals surface area (Å²) in [5.74, 6) is 0.209. The van der Waals surface area contributed by atoms with Crippen LogP contribution in [0.1, 0.15) is 30.6 Å². The summed E-state index contributed by atoms with van der Waals surface area (Å²) in [4.78, 5) is 14.8. The number of hydrogen-bond donors (Lipinski definition) is 1. The van der Waals surface area contributed by atoms with Crippen LogP contribution in [0.25, 0.3) is 0 Å². The first-order chi connectivity index (χ1) is 12.2. The predicted molar refractivity (Wildman–Crippen MR) is 103 cm³/mol. The first-order valence-corrected chi connectivity index (χ1v) is 11.0. The smallest absolute Gasteiger partial charge is 0.251 e. The molecule has 0 saturated carbocycles. The molecule has 1 fully saturated rings. The second kappa shape index (κ2) is 9.17. The van der Waals surface area contributed by atoms with Crippen molar-refractivity contribution in [1.82, 2.24) is 10.2 Å². The van der Waals surface area contributed by atoms with Gasteiger partial charge in [-0.05, 0) is 30.5 Å². The summed E-state index contributed by atoms with van der Waals surface area (Å²) in [6, 6.07) is 4.54. The number of hydrogen-bond acceptors (Lipinski definition) is 5. The molecule has 0 aliphatic carbocycles. The maximum Gasteiger partial charge on any atom is 0.251 e. The molecule has 0 bridgehead atoms. The van der Waals surface area contributed by atoms with Crippen molar-refractivity contribution in [3.8, 4) is 0 Å². The van der Waals surface area contributed by atoms with E-state index in [0.717, 1.165) is 25.8 Å². The molecule has 1 aliphatic heterocycles. The Morgan fingerprint density at radius 3 is 2.54 bits per heavy atom. The van der Waals surface area contributed by atoms with Crippen LogP contribution >= 0.6 is 11.6 Å². The van der Waals surface area contributed by atoms with E-state index in [4.69, 9.17) is 16.3 Å². The first kappa shape index (κ1) is 21.2. The number of halogens is 1. The molecule has 1 N–H and O–H groups in total. The normalized spacial score (nSPS) is 17.3. The molecule has 2 rings (SSSR count). The van der Waals surface area contributed by atoms with Crippen molar-refractivity contribution in [2.45, 2.75) is 31.2 Å². The van der Waals surface area contributed by atoms with E-state index in [1.54, 1.807) is 6.07 Å². The third kappa shape index (κ3) is 5.94. The largest absolute Gasteiger partial charge is 0.379 e. The molecule has 1 heterocycles. The van der Waals surface area contributed by atoms with Crippen molar-refractivity contribution < 1.29 is 17.9 Å². The number of morpholine rings is 1. The number of amides is 1. The Hall–Kier alpha value is -1.15. The van der Waals surface area contributed by atoms with Crippen LogP contribution in [0.5, 0.6) is 0 Å². The van der Waals surface area contributed by atoms with Crippen LogP contribution in [0.15, 0.2) is 23.1 Å². The number of carbonyl (C=O) groups is 1. The standard InChI is InChI=1S/C18H27ClN2O4S/c1-13(2)10-15(21-6-8-25-9-7-21)12-20-18(22)14-4-5-16(19)17(11-14)26(3,23)24/h4-5,11,13,15H,6-10,12H2,1-3H3,(H,20,22). The highest BCUT2D eigenvalue weighted by molar-refractivity contribution is 7.90. The van der Waals surface area contributed by atoms with Crippen molar-refractivity contribution in [2.24, 2.45) is 5.92 Å². The van der Waals surface area contributed by atoms with E-state index in [9.17, 15) is 13.2 Å². The monoisotopic (exact) mass is 402 g/mol. The molecule has 0 spiro atoms. The molecule has 0 aromatic heterocycles. The number of nitrogens with one attached hydrogen (secondary N) is 1. The third-order valence-corrected chi connectivity index (χ3v) is 5.98. The third-order valence-electron chi connectivity index (χ3n) is 4.40. The van der Waals surface area contributed by atoms with E-state index in [-0.39, 0.29) is 21.9 Å². The van der Waals surface area contributed by atoms with Gasteiger partial charge in [0.2, 0.25) is 0 Å². The average Bonchev–Trinajstić information content (AvgIpc) is 2.58. The van der Waals surface area contributed by atoms with Gasteiger partial charge in [-0.25, -0.2) is 8.42 Å². The van der Waals surface area contributed by atoms with Gasteiger partial charge in [-0.3, -0.25) is 9.69 Å². The number of sulfone groups is 1. The lowest BCUT2D eigenvalue weighted by Gasteiger charge is -2.35. The molecule has 1 atom stereocenters. The molecular formula is C18H27ClN2O4S. The maximum atomic E-state index is 12.5. The highest BCUT2D eigenvalue weighted by Crippen LogP contribution is 2.22. The molecule has 1 aliphatic rings. The van der Waals surface area contributed by atoms with Crippen molar-refractivity contribution in [3.05, 3.63) is 28.8 Å². The fourth-order valence-electron chi connectivity index (χ4n) is 3.09. The molecule has 1 saturated heterocycles. The van der Waals surface area contributed by atoms with Gasteiger partial charge >= 0.3 is 0 Å². The van der Waals surface area contributed by atoms with E-state index < -0.39 is 9.84 Å². The van der Waals surface area contributed by atoms with E-state index in [2.05, 4.69) is 24.1 Å². The van der Waals surface area contributed by atoms with E-state index in [1.165, 1.54) is 12.1 Å². The summed E-state index contributed by atoms with van der Waals surface area (Å²) >= 11 is 5.94. The second-order valence-electron chi connectivity index (χ2n) is 7.06. The second-order valence-corrected chi connectivity index (χ2v) is 9.45. The van der Waals surface area contributed by atoms with Crippen LogP contribution in [0.2, 0.25) is 5.02 Å². The lowest BCUT2D eigenvalue weighted by molar-refractivity contribution is 0.0124. The minimum absolute atomic E-state index is 0.0290. The fraction of sp³-hybridized carbons (Fsp3) is 0.611. The minimum Gasteiger partial charge on any atom is -0.379 e. The Morgan fingerprint density at radius 1 is 1.31 bits per heavy atom. The lowest BCUT2D eigenvalue weighted by atomic mass is 10.0. The minimum atomic E-state index is -3.49. The zero-order valence-corrected chi connectivity index (χ0v) is 17.1. The summed E-state index contributed by atoms with van der Waals surface area (Å²) < 4.78 is 29.0. The zero-order valence-electron chi connectivity index (χ0n) is 15.5.